The summed E-state index contributed by atoms with van der Waals surface area (Å²) in [6, 6.07) is 9.45. The maximum absolute atomic E-state index is 11.6. The maximum Gasteiger partial charge on any atom is 0.161 e. The van der Waals surface area contributed by atoms with Gasteiger partial charge in [0.15, 0.2) is 11.6 Å². The van der Waals surface area contributed by atoms with E-state index < -0.39 is 0 Å². The van der Waals surface area contributed by atoms with Crippen molar-refractivity contribution in [3.63, 3.8) is 0 Å². The number of carbonyl (C=O) groups is 2. The SMILES string of the molecule is CC(=O)c1ccc2c(c1)Cc1c-2ccc(C(C)=O)c1N. The Bertz CT molecular complexity index is 760. The summed E-state index contributed by atoms with van der Waals surface area (Å²) in [6.45, 7) is 3.08. The van der Waals surface area contributed by atoms with Gasteiger partial charge < -0.3 is 5.73 Å². The maximum atomic E-state index is 11.6. The number of hydrogen-bond acceptors (Lipinski definition) is 3. The summed E-state index contributed by atoms with van der Waals surface area (Å²) in [6.07, 6.45) is 0.679. The van der Waals surface area contributed by atoms with E-state index >= 15 is 0 Å². The number of nitrogen functional groups attached to an aromatic ring is 1. The number of ketones is 2. The van der Waals surface area contributed by atoms with Gasteiger partial charge in [0.2, 0.25) is 0 Å². The van der Waals surface area contributed by atoms with Gasteiger partial charge in [-0.2, -0.15) is 0 Å². The highest BCUT2D eigenvalue weighted by Gasteiger charge is 2.23. The predicted molar refractivity (Wildman–Crippen MR) is 79.1 cm³/mol. The van der Waals surface area contributed by atoms with Crippen LogP contribution in [-0.4, -0.2) is 11.6 Å². The average molecular weight is 265 g/mol. The topological polar surface area (TPSA) is 60.2 Å². The second kappa shape index (κ2) is 4.30. The first kappa shape index (κ1) is 12.6. The van der Waals surface area contributed by atoms with Crippen LogP contribution < -0.4 is 5.73 Å². The van der Waals surface area contributed by atoms with Crippen LogP contribution in [0.3, 0.4) is 0 Å². The van der Waals surface area contributed by atoms with E-state index in [1.165, 1.54) is 6.92 Å². The van der Waals surface area contributed by atoms with Crippen LogP contribution in [0.1, 0.15) is 45.7 Å². The van der Waals surface area contributed by atoms with Crippen molar-refractivity contribution in [1.82, 2.24) is 0 Å². The molecule has 1 aliphatic carbocycles. The molecule has 0 unspecified atom stereocenters. The Balaban J connectivity index is 2.17. The average Bonchev–Trinajstić information content (AvgIpc) is 2.77. The lowest BCUT2D eigenvalue weighted by Gasteiger charge is -2.08. The van der Waals surface area contributed by atoms with E-state index in [0.29, 0.717) is 23.2 Å². The molecule has 20 heavy (non-hydrogen) atoms. The van der Waals surface area contributed by atoms with Gasteiger partial charge in [-0.15, -0.1) is 0 Å². The molecule has 2 aromatic rings. The first-order valence-corrected chi connectivity index (χ1v) is 6.55. The van der Waals surface area contributed by atoms with Gasteiger partial charge in [-0.25, -0.2) is 0 Å². The molecule has 0 spiro atoms. The van der Waals surface area contributed by atoms with Gasteiger partial charge in [0.05, 0.1) is 0 Å². The van der Waals surface area contributed by atoms with Gasteiger partial charge >= 0.3 is 0 Å². The van der Waals surface area contributed by atoms with Crippen molar-refractivity contribution in [2.45, 2.75) is 20.3 Å². The molecule has 0 amide bonds. The van der Waals surface area contributed by atoms with Crippen LogP contribution in [-0.2, 0) is 6.42 Å². The van der Waals surface area contributed by atoms with Crippen molar-refractivity contribution in [1.29, 1.82) is 0 Å². The third kappa shape index (κ3) is 1.74. The lowest BCUT2D eigenvalue weighted by Crippen LogP contribution is -2.03. The Kier molecular flexibility index (Phi) is 2.71. The first-order valence-electron chi connectivity index (χ1n) is 6.55. The van der Waals surface area contributed by atoms with E-state index in [4.69, 9.17) is 5.73 Å². The third-order valence-corrected chi connectivity index (χ3v) is 3.91. The molecule has 0 atom stereocenters. The summed E-state index contributed by atoms with van der Waals surface area (Å²) in [5, 5.41) is 0. The van der Waals surface area contributed by atoms with Gasteiger partial charge in [-0.05, 0) is 48.2 Å². The third-order valence-electron chi connectivity index (χ3n) is 3.91. The molecule has 0 saturated carbocycles. The normalized spacial score (nSPS) is 11.9. The lowest BCUT2D eigenvalue weighted by molar-refractivity contribution is 0.100. The van der Waals surface area contributed by atoms with E-state index in [1.807, 2.05) is 24.3 Å². The smallest absolute Gasteiger partial charge is 0.161 e. The quantitative estimate of drug-likeness (QED) is 0.571. The molecule has 0 aliphatic heterocycles. The van der Waals surface area contributed by atoms with Crippen LogP contribution in [0.15, 0.2) is 30.3 Å². The van der Waals surface area contributed by atoms with E-state index in [2.05, 4.69) is 0 Å². The van der Waals surface area contributed by atoms with Crippen LogP contribution in [0, 0.1) is 0 Å². The number of Topliss-reactive ketones (excluding diaryl/α,β-unsaturated/α-hetero) is 2. The van der Waals surface area contributed by atoms with Gasteiger partial charge in [-0.1, -0.05) is 18.2 Å². The number of benzene rings is 2. The minimum absolute atomic E-state index is 0.0225. The monoisotopic (exact) mass is 265 g/mol. The zero-order valence-corrected chi connectivity index (χ0v) is 11.5. The van der Waals surface area contributed by atoms with Crippen LogP contribution in [0.25, 0.3) is 11.1 Å². The van der Waals surface area contributed by atoms with Crippen molar-refractivity contribution in [2.24, 2.45) is 0 Å². The van der Waals surface area contributed by atoms with Crippen LogP contribution in [0.4, 0.5) is 5.69 Å². The Hall–Kier alpha value is -2.42. The molecule has 0 radical (unpaired) electrons. The number of hydrogen-bond donors (Lipinski definition) is 1. The fourth-order valence-electron chi connectivity index (χ4n) is 2.83. The van der Waals surface area contributed by atoms with Gasteiger partial charge in [0, 0.05) is 23.2 Å². The van der Waals surface area contributed by atoms with Crippen LogP contribution in [0.5, 0.6) is 0 Å². The number of carbonyl (C=O) groups excluding carboxylic acids is 2. The Morgan fingerprint density at radius 3 is 2.35 bits per heavy atom. The summed E-state index contributed by atoms with van der Waals surface area (Å²) in [5.41, 5.74) is 12.2. The second-order valence-corrected chi connectivity index (χ2v) is 5.21. The van der Waals surface area contributed by atoms with Crippen molar-refractivity contribution in [2.75, 3.05) is 5.73 Å². The molecule has 100 valence electrons. The summed E-state index contributed by atoms with van der Waals surface area (Å²) >= 11 is 0. The molecular weight excluding hydrogens is 250 g/mol. The molecule has 2 aromatic carbocycles. The van der Waals surface area contributed by atoms with Gasteiger partial charge in [0.25, 0.3) is 0 Å². The highest BCUT2D eigenvalue weighted by molar-refractivity contribution is 6.02. The molecule has 1 aliphatic rings. The molecule has 3 heteroatoms. The number of rotatable bonds is 2. The minimum atomic E-state index is -0.0225. The highest BCUT2D eigenvalue weighted by atomic mass is 16.1. The van der Waals surface area contributed by atoms with Crippen LogP contribution in [0.2, 0.25) is 0 Å². The van der Waals surface area contributed by atoms with Crippen LogP contribution >= 0.6 is 0 Å². The minimum Gasteiger partial charge on any atom is -0.398 e. The molecular formula is C17H15NO2. The lowest BCUT2D eigenvalue weighted by atomic mass is 9.99. The predicted octanol–water partition coefficient (Wildman–Crippen LogP) is 3.25. The molecule has 0 bridgehead atoms. The second-order valence-electron chi connectivity index (χ2n) is 5.21. The molecule has 0 fully saturated rings. The summed E-state index contributed by atoms with van der Waals surface area (Å²) in [4.78, 5) is 23.0. The zero-order valence-electron chi connectivity index (χ0n) is 11.5. The standard InChI is InChI=1S/C17H15NO2/c1-9(19)11-3-4-14-12(7-11)8-16-15(14)6-5-13(10(2)20)17(16)18/h3-7H,8,18H2,1-2H3. The summed E-state index contributed by atoms with van der Waals surface area (Å²) < 4.78 is 0. The summed E-state index contributed by atoms with van der Waals surface area (Å²) in [7, 11) is 0. The van der Waals surface area contributed by atoms with E-state index in [0.717, 1.165) is 22.3 Å². The van der Waals surface area contributed by atoms with Gasteiger partial charge in [-0.3, -0.25) is 9.59 Å². The molecule has 0 saturated heterocycles. The summed E-state index contributed by atoms with van der Waals surface area (Å²) in [5.74, 6) is 0.0341. The molecule has 0 heterocycles. The van der Waals surface area contributed by atoms with Gasteiger partial charge in [0.1, 0.15) is 0 Å². The largest absolute Gasteiger partial charge is 0.398 e. The fourth-order valence-corrected chi connectivity index (χ4v) is 2.83. The molecule has 3 rings (SSSR count). The Morgan fingerprint density at radius 2 is 1.70 bits per heavy atom. The van der Waals surface area contributed by atoms with E-state index in [1.54, 1.807) is 13.0 Å². The first-order chi connectivity index (χ1) is 9.49. The Labute approximate surface area is 117 Å². The number of anilines is 1. The van der Waals surface area contributed by atoms with E-state index in [-0.39, 0.29) is 11.6 Å². The highest BCUT2D eigenvalue weighted by Crippen LogP contribution is 2.41. The van der Waals surface area contributed by atoms with Crippen molar-refractivity contribution in [3.8, 4) is 11.1 Å². The molecule has 3 nitrogen and oxygen atoms in total. The fraction of sp³-hybridized carbons (Fsp3) is 0.176. The van der Waals surface area contributed by atoms with Crippen molar-refractivity contribution in [3.05, 3.63) is 52.6 Å². The zero-order chi connectivity index (χ0) is 14.4. The number of nitrogens with two attached hydrogens (primary N) is 1. The van der Waals surface area contributed by atoms with Crippen molar-refractivity contribution < 1.29 is 9.59 Å². The van der Waals surface area contributed by atoms with Crippen molar-refractivity contribution >= 4 is 17.3 Å². The molecule has 0 aromatic heterocycles. The Morgan fingerprint density at radius 1 is 1.00 bits per heavy atom. The molecule has 2 N–H and O–H groups in total. The van der Waals surface area contributed by atoms with E-state index in [9.17, 15) is 9.59 Å². The number of fused-ring (bicyclic) bond motifs is 3.